The summed E-state index contributed by atoms with van der Waals surface area (Å²) in [5.74, 6) is -0.931. The number of nitrogens with one attached hydrogen (secondary N) is 1. The third-order valence-electron chi connectivity index (χ3n) is 10.6. The summed E-state index contributed by atoms with van der Waals surface area (Å²) < 4.78 is 48.6. The van der Waals surface area contributed by atoms with Gasteiger partial charge in [0.05, 0.1) is 17.2 Å². The molecule has 1 aromatic carbocycles. The molecular formula is C36H48F3N5S. The maximum Gasteiger partial charge on any atom is 0.278 e. The third kappa shape index (κ3) is 6.53. The predicted molar refractivity (Wildman–Crippen MR) is 180 cm³/mol. The minimum Gasteiger partial charge on any atom is -0.363 e. The summed E-state index contributed by atoms with van der Waals surface area (Å²) in [6, 6.07) is 3.92. The first-order chi connectivity index (χ1) is 21.7. The maximum atomic E-state index is 16.2. The molecule has 0 radical (unpaired) electrons. The van der Waals surface area contributed by atoms with Crippen molar-refractivity contribution >= 4 is 29.5 Å². The van der Waals surface area contributed by atoms with Crippen LogP contribution in [0.1, 0.15) is 101 Å². The van der Waals surface area contributed by atoms with Crippen LogP contribution in [0.5, 0.6) is 0 Å². The molecule has 6 heterocycles. The van der Waals surface area contributed by atoms with E-state index in [0.717, 1.165) is 86.6 Å². The Labute approximate surface area is 271 Å². The van der Waals surface area contributed by atoms with Crippen molar-refractivity contribution in [3.05, 3.63) is 64.9 Å². The molecule has 0 saturated carbocycles. The van der Waals surface area contributed by atoms with Gasteiger partial charge in [0.15, 0.2) is 0 Å². The van der Waals surface area contributed by atoms with Crippen LogP contribution >= 0.6 is 11.8 Å². The molecule has 2 fully saturated rings. The van der Waals surface area contributed by atoms with Crippen molar-refractivity contribution in [1.29, 1.82) is 0 Å². The maximum absolute atomic E-state index is 16.2. The lowest BCUT2D eigenvalue weighted by Crippen LogP contribution is -2.50. The van der Waals surface area contributed by atoms with E-state index >= 15 is 13.2 Å². The fraction of sp³-hybridized carbons (Fsp3) is 0.611. The topological polar surface area (TPSA) is 44.3 Å². The van der Waals surface area contributed by atoms with Gasteiger partial charge in [0, 0.05) is 35.8 Å². The Hall–Kier alpha value is -2.52. The van der Waals surface area contributed by atoms with E-state index < -0.39 is 29.3 Å². The van der Waals surface area contributed by atoms with Crippen LogP contribution in [-0.4, -0.2) is 51.5 Å². The number of hydrogen-bond donors (Lipinski definition) is 1. The quantitative estimate of drug-likeness (QED) is 0.336. The zero-order valence-corrected chi connectivity index (χ0v) is 27.8. The lowest BCUT2D eigenvalue weighted by Gasteiger charge is -2.45. The minimum absolute atomic E-state index is 0.0273. The molecule has 9 heteroatoms. The molecule has 7 rings (SSSR count). The second-order valence-electron chi connectivity index (χ2n) is 13.6. The van der Waals surface area contributed by atoms with Crippen molar-refractivity contribution in [1.82, 2.24) is 14.9 Å². The van der Waals surface area contributed by atoms with Crippen LogP contribution in [0.25, 0.3) is 6.08 Å². The number of aromatic nitrogens is 2. The largest absolute Gasteiger partial charge is 0.363 e. The summed E-state index contributed by atoms with van der Waals surface area (Å²) in [5.41, 5.74) is 2.83. The van der Waals surface area contributed by atoms with E-state index in [1.807, 2.05) is 18.7 Å². The molecule has 1 N–H and O–H groups in total. The van der Waals surface area contributed by atoms with Gasteiger partial charge >= 0.3 is 0 Å². The monoisotopic (exact) mass is 639 g/mol. The second-order valence-corrected chi connectivity index (χ2v) is 14.8. The fourth-order valence-corrected chi connectivity index (χ4v) is 9.18. The van der Waals surface area contributed by atoms with Crippen LogP contribution in [-0.2, 0) is 5.92 Å². The number of allylic oxidation sites excluding steroid dienone is 1. The molecule has 5 nitrogen and oxygen atoms in total. The van der Waals surface area contributed by atoms with E-state index in [2.05, 4.69) is 46.6 Å². The molecule has 0 aliphatic carbocycles. The van der Waals surface area contributed by atoms with Gasteiger partial charge in [-0.1, -0.05) is 44.0 Å². The molecule has 2 saturated heterocycles. The number of alkyl halides is 2. The molecule has 5 aliphatic heterocycles. The van der Waals surface area contributed by atoms with Crippen molar-refractivity contribution in [2.75, 3.05) is 34.8 Å². The van der Waals surface area contributed by atoms with Crippen LogP contribution in [0.3, 0.4) is 0 Å². The van der Waals surface area contributed by atoms with E-state index in [1.54, 1.807) is 12.1 Å². The number of anilines is 2. The Morgan fingerprint density at radius 2 is 1.64 bits per heavy atom. The van der Waals surface area contributed by atoms with Crippen LogP contribution in [0.2, 0.25) is 0 Å². The summed E-state index contributed by atoms with van der Waals surface area (Å²) in [5, 5.41) is 3.40. The van der Waals surface area contributed by atoms with E-state index in [0.29, 0.717) is 24.6 Å². The summed E-state index contributed by atoms with van der Waals surface area (Å²) in [6.07, 6.45) is 12.1. The Morgan fingerprint density at radius 3 is 2.38 bits per heavy atom. The summed E-state index contributed by atoms with van der Waals surface area (Å²) in [6.45, 7) is 12.2. The van der Waals surface area contributed by atoms with Gasteiger partial charge in [-0.2, -0.15) is 11.8 Å². The SMILES string of the molecule is C=C1C(C2CCSCC2)=Cc2c3ncnc2N1CCCCCCCN1C(C)CC(CC1C)C(F)(F)c1cccc(c1F)[C@@H](C)N3. The van der Waals surface area contributed by atoms with Crippen LogP contribution in [0.15, 0.2) is 42.4 Å². The normalized spacial score (nSPS) is 29.8. The zero-order valence-electron chi connectivity index (χ0n) is 27.0. The second kappa shape index (κ2) is 13.7. The Kier molecular flexibility index (Phi) is 9.86. The van der Waals surface area contributed by atoms with Gasteiger partial charge in [-0.25, -0.2) is 23.1 Å². The molecule has 2 aromatic rings. The van der Waals surface area contributed by atoms with Crippen molar-refractivity contribution < 1.29 is 13.2 Å². The van der Waals surface area contributed by atoms with Gasteiger partial charge in [-0.15, -0.1) is 0 Å². The predicted octanol–water partition coefficient (Wildman–Crippen LogP) is 9.19. The summed E-state index contributed by atoms with van der Waals surface area (Å²) in [4.78, 5) is 14.0. The number of rotatable bonds is 1. The number of hydrogen-bond acceptors (Lipinski definition) is 6. The molecule has 45 heavy (non-hydrogen) atoms. The Morgan fingerprint density at radius 1 is 0.956 bits per heavy atom. The molecule has 8 bridgehead atoms. The molecule has 3 atom stereocenters. The molecule has 5 aliphatic rings. The van der Waals surface area contributed by atoms with Crippen LogP contribution < -0.4 is 10.2 Å². The van der Waals surface area contributed by atoms with Crippen LogP contribution in [0.4, 0.5) is 24.8 Å². The Balaban J connectivity index is 1.38. The number of benzene rings is 1. The minimum atomic E-state index is -3.27. The number of halogens is 3. The number of nitrogens with zero attached hydrogens (tertiary/aromatic N) is 4. The highest BCUT2D eigenvalue weighted by molar-refractivity contribution is 7.99. The highest BCUT2D eigenvalue weighted by atomic mass is 32.2. The average molecular weight is 640 g/mol. The molecule has 0 amide bonds. The highest BCUT2D eigenvalue weighted by Crippen LogP contribution is 2.47. The van der Waals surface area contributed by atoms with Gasteiger partial charge in [-0.05, 0) is 94.9 Å². The number of thioether (sulfide) groups is 1. The zero-order chi connectivity index (χ0) is 31.7. The van der Waals surface area contributed by atoms with E-state index in [1.165, 1.54) is 18.0 Å². The summed E-state index contributed by atoms with van der Waals surface area (Å²) in [7, 11) is 0. The lowest BCUT2D eigenvalue weighted by atomic mass is 9.79. The summed E-state index contributed by atoms with van der Waals surface area (Å²) >= 11 is 2.00. The fourth-order valence-electron chi connectivity index (χ4n) is 8.08. The van der Waals surface area contributed by atoms with Gasteiger partial charge in [0.1, 0.15) is 23.8 Å². The van der Waals surface area contributed by atoms with E-state index in [-0.39, 0.29) is 17.6 Å². The Bertz CT molecular complexity index is 1400. The van der Waals surface area contributed by atoms with E-state index in [9.17, 15) is 0 Å². The van der Waals surface area contributed by atoms with Crippen molar-refractivity contribution in [2.45, 2.75) is 103 Å². The molecule has 2 unspecified atom stereocenters. The smallest absolute Gasteiger partial charge is 0.278 e. The van der Waals surface area contributed by atoms with Crippen molar-refractivity contribution in [3.8, 4) is 0 Å². The standard InChI is InChI=1S/C36H48F3N5S/c1-23-19-28-20-24(2)43(23)15-8-6-5-7-9-16-44-26(4)30(27-13-17-45-18-14-27)21-31-34(40-22-41-35(31)44)42-25(3)29-11-10-12-32(33(29)37)36(28,38)39/h10-12,21-25,27-28H,4-9,13-20H2,1-3H3,(H,40,41,42)/t23?,24?,25-,28?/m1/s1. The van der Waals surface area contributed by atoms with Crippen molar-refractivity contribution in [2.24, 2.45) is 11.8 Å². The third-order valence-corrected chi connectivity index (χ3v) is 11.7. The van der Waals surface area contributed by atoms with Crippen molar-refractivity contribution in [3.63, 3.8) is 0 Å². The first-order valence-electron chi connectivity index (χ1n) is 17.0. The van der Waals surface area contributed by atoms with Gasteiger partial charge < -0.3 is 10.2 Å². The molecule has 1 aromatic heterocycles. The molecule has 244 valence electrons. The van der Waals surface area contributed by atoms with Gasteiger partial charge in [0.2, 0.25) is 0 Å². The van der Waals surface area contributed by atoms with Gasteiger partial charge in [0.25, 0.3) is 5.92 Å². The molecular weight excluding hydrogens is 591 g/mol. The first kappa shape index (κ1) is 32.4. The highest BCUT2D eigenvalue weighted by Gasteiger charge is 2.48. The lowest BCUT2D eigenvalue weighted by molar-refractivity contribution is -0.107. The van der Waals surface area contributed by atoms with Gasteiger partial charge in [-0.3, -0.25) is 4.90 Å². The average Bonchev–Trinajstić information content (AvgIpc) is 3.02. The van der Waals surface area contributed by atoms with Crippen LogP contribution in [0, 0.1) is 17.7 Å². The first-order valence-corrected chi connectivity index (χ1v) is 18.1. The number of fused-ring (bicyclic) bond motifs is 9. The van der Waals surface area contributed by atoms with E-state index in [4.69, 9.17) is 4.98 Å². The number of piperidine rings is 1. The molecule has 0 spiro atoms.